The van der Waals surface area contributed by atoms with Crippen LogP contribution >= 0.6 is 28.1 Å². The zero-order valence-electron chi connectivity index (χ0n) is 11.0. The lowest BCUT2D eigenvalue weighted by Crippen LogP contribution is -2.17. The third-order valence-corrected chi connectivity index (χ3v) is 4.59. The average Bonchev–Trinajstić information content (AvgIpc) is 3.15. The molecule has 1 aromatic rings. The van der Waals surface area contributed by atoms with Crippen LogP contribution in [-0.4, -0.2) is 25.2 Å². The molecule has 0 atom stereocenters. The van der Waals surface area contributed by atoms with Crippen LogP contribution in [-0.2, 0) is 4.74 Å². The normalized spacial score (nSPS) is 16.1. The zero-order chi connectivity index (χ0) is 13.9. The van der Waals surface area contributed by atoms with E-state index in [1.807, 2.05) is 18.2 Å². The molecule has 1 fully saturated rings. The minimum atomic E-state index is 0.422. The van der Waals surface area contributed by atoms with Gasteiger partial charge in [-0.05, 0) is 58.8 Å². The SMILES string of the molecule is COCCC1(CNc2ccc(C(N)=S)cc2Br)CC1. The molecule has 1 aliphatic rings. The zero-order valence-corrected chi connectivity index (χ0v) is 13.4. The average molecular weight is 343 g/mol. The Kier molecular flexibility index (Phi) is 4.81. The summed E-state index contributed by atoms with van der Waals surface area (Å²) >= 11 is 8.52. The van der Waals surface area contributed by atoms with E-state index < -0.39 is 0 Å². The summed E-state index contributed by atoms with van der Waals surface area (Å²) in [7, 11) is 1.76. The highest BCUT2D eigenvalue weighted by Gasteiger charge is 2.41. The van der Waals surface area contributed by atoms with Gasteiger partial charge in [-0.1, -0.05) is 12.2 Å². The molecular weight excluding hydrogens is 324 g/mol. The Morgan fingerprint density at radius 3 is 2.79 bits per heavy atom. The predicted molar refractivity (Wildman–Crippen MR) is 86.7 cm³/mol. The highest BCUT2D eigenvalue weighted by Crippen LogP contribution is 2.48. The third kappa shape index (κ3) is 3.91. The van der Waals surface area contributed by atoms with Crippen molar-refractivity contribution in [3.8, 4) is 0 Å². The van der Waals surface area contributed by atoms with Gasteiger partial charge in [-0.2, -0.15) is 0 Å². The summed E-state index contributed by atoms with van der Waals surface area (Å²) in [4.78, 5) is 0.422. The van der Waals surface area contributed by atoms with Crippen molar-refractivity contribution in [2.75, 3.05) is 25.6 Å². The molecule has 3 nitrogen and oxygen atoms in total. The molecule has 3 N–H and O–H groups in total. The highest BCUT2D eigenvalue weighted by molar-refractivity contribution is 9.10. The lowest BCUT2D eigenvalue weighted by atomic mass is 10.0. The quantitative estimate of drug-likeness (QED) is 0.746. The Hall–Kier alpha value is -0.650. The van der Waals surface area contributed by atoms with Crippen molar-refractivity contribution in [3.05, 3.63) is 28.2 Å². The number of hydrogen-bond donors (Lipinski definition) is 2. The van der Waals surface area contributed by atoms with Crippen LogP contribution in [0.1, 0.15) is 24.8 Å². The van der Waals surface area contributed by atoms with E-state index in [9.17, 15) is 0 Å². The topological polar surface area (TPSA) is 47.3 Å². The lowest BCUT2D eigenvalue weighted by Gasteiger charge is -2.17. The Morgan fingerprint density at radius 2 is 2.26 bits per heavy atom. The van der Waals surface area contributed by atoms with Crippen LogP contribution in [0.15, 0.2) is 22.7 Å². The molecule has 0 unspecified atom stereocenters. The Balaban J connectivity index is 1.95. The smallest absolute Gasteiger partial charge is 0.104 e. The van der Waals surface area contributed by atoms with Gasteiger partial charge in [0, 0.05) is 36.0 Å². The molecule has 2 rings (SSSR count). The van der Waals surface area contributed by atoms with Crippen molar-refractivity contribution in [1.82, 2.24) is 0 Å². The summed E-state index contributed by atoms with van der Waals surface area (Å²) < 4.78 is 6.17. The van der Waals surface area contributed by atoms with E-state index in [2.05, 4.69) is 21.2 Å². The molecule has 0 spiro atoms. The van der Waals surface area contributed by atoms with Crippen molar-refractivity contribution in [2.45, 2.75) is 19.3 Å². The van der Waals surface area contributed by atoms with Gasteiger partial charge in [0.25, 0.3) is 0 Å². The minimum Gasteiger partial charge on any atom is -0.389 e. The number of methoxy groups -OCH3 is 1. The number of nitrogens with one attached hydrogen (secondary N) is 1. The number of rotatable bonds is 7. The molecule has 0 radical (unpaired) electrons. The van der Waals surface area contributed by atoms with Gasteiger partial charge in [-0.25, -0.2) is 0 Å². The van der Waals surface area contributed by atoms with Crippen molar-refractivity contribution < 1.29 is 4.74 Å². The number of hydrogen-bond acceptors (Lipinski definition) is 3. The van der Waals surface area contributed by atoms with E-state index in [-0.39, 0.29) is 0 Å². The predicted octanol–water partition coefficient (Wildman–Crippen LogP) is 3.31. The molecule has 104 valence electrons. The maximum absolute atomic E-state index is 5.62. The molecule has 0 saturated heterocycles. The van der Waals surface area contributed by atoms with Gasteiger partial charge in [-0.15, -0.1) is 0 Å². The van der Waals surface area contributed by atoms with E-state index in [0.717, 1.165) is 35.3 Å². The van der Waals surface area contributed by atoms with Crippen molar-refractivity contribution >= 4 is 38.8 Å². The molecule has 19 heavy (non-hydrogen) atoms. The Labute approximate surface area is 128 Å². The molecule has 0 aliphatic heterocycles. The van der Waals surface area contributed by atoms with Crippen LogP contribution in [0.2, 0.25) is 0 Å². The van der Waals surface area contributed by atoms with Crippen LogP contribution in [0.5, 0.6) is 0 Å². The maximum Gasteiger partial charge on any atom is 0.104 e. The van der Waals surface area contributed by atoms with Crippen LogP contribution in [0.3, 0.4) is 0 Å². The fourth-order valence-electron chi connectivity index (χ4n) is 2.10. The van der Waals surface area contributed by atoms with Gasteiger partial charge in [0.05, 0.1) is 0 Å². The van der Waals surface area contributed by atoms with Crippen molar-refractivity contribution in [1.29, 1.82) is 0 Å². The van der Waals surface area contributed by atoms with Crippen LogP contribution < -0.4 is 11.1 Å². The first-order valence-corrected chi connectivity index (χ1v) is 7.59. The number of benzene rings is 1. The number of nitrogens with two attached hydrogens (primary N) is 1. The number of ether oxygens (including phenoxy) is 1. The molecule has 0 amide bonds. The first-order valence-electron chi connectivity index (χ1n) is 6.38. The van der Waals surface area contributed by atoms with E-state index in [1.165, 1.54) is 12.8 Å². The van der Waals surface area contributed by atoms with Gasteiger partial charge >= 0.3 is 0 Å². The van der Waals surface area contributed by atoms with Crippen LogP contribution in [0, 0.1) is 5.41 Å². The highest BCUT2D eigenvalue weighted by atomic mass is 79.9. The summed E-state index contributed by atoms with van der Waals surface area (Å²) in [6, 6.07) is 5.93. The van der Waals surface area contributed by atoms with Gasteiger partial charge in [0.1, 0.15) is 4.99 Å². The first kappa shape index (κ1) is 14.8. The second-order valence-corrected chi connectivity index (χ2v) is 6.45. The number of halogens is 1. The van der Waals surface area contributed by atoms with E-state index >= 15 is 0 Å². The summed E-state index contributed by atoms with van der Waals surface area (Å²) in [5, 5.41) is 3.50. The summed E-state index contributed by atoms with van der Waals surface area (Å²) in [6.45, 7) is 1.82. The molecule has 0 bridgehead atoms. The van der Waals surface area contributed by atoms with Crippen LogP contribution in [0.4, 0.5) is 5.69 Å². The van der Waals surface area contributed by atoms with E-state index in [4.69, 9.17) is 22.7 Å². The molecule has 0 aromatic heterocycles. The monoisotopic (exact) mass is 342 g/mol. The molecular formula is C14H19BrN2OS. The standard InChI is InChI=1S/C14H19BrN2OS/c1-18-7-6-14(4-5-14)9-17-12-3-2-10(13(16)19)8-11(12)15/h2-3,8,17H,4-7,9H2,1H3,(H2,16,19). The summed E-state index contributed by atoms with van der Waals surface area (Å²) in [5.41, 5.74) is 8.01. The van der Waals surface area contributed by atoms with Crippen molar-refractivity contribution in [3.63, 3.8) is 0 Å². The lowest BCUT2D eigenvalue weighted by molar-refractivity contribution is 0.175. The van der Waals surface area contributed by atoms with Gasteiger partial charge in [0.2, 0.25) is 0 Å². The largest absolute Gasteiger partial charge is 0.389 e. The summed E-state index contributed by atoms with van der Waals surface area (Å²) in [6.07, 6.45) is 3.69. The third-order valence-electron chi connectivity index (χ3n) is 3.70. The molecule has 1 saturated carbocycles. The molecule has 1 aromatic carbocycles. The van der Waals surface area contributed by atoms with Gasteiger partial charge < -0.3 is 15.8 Å². The second-order valence-electron chi connectivity index (χ2n) is 5.16. The molecule has 1 aliphatic carbocycles. The first-order chi connectivity index (χ1) is 9.06. The number of thiocarbonyl (C=S) groups is 1. The maximum atomic E-state index is 5.62. The van der Waals surface area contributed by atoms with Gasteiger partial charge in [0.15, 0.2) is 0 Å². The second kappa shape index (κ2) is 6.20. The Morgan fingerprint density at radius 1 is 1.53 bits per heavy atom. The molecule has 0 heterocycles. The van der Waals surface area contributed by atoms with Crippen LogP contribution in [0.25, 0.3) is 0 Å². The van der Waals surface area contributed by atoms with Gasteiger partial charge in [-0.3, -0.25) is 0 Å². The Bertz CT molecular complexity index is 475. The molecule has 5 heteroatoms. The fourth-order valence-corrected chi connectivity index (χ4v) is 2.75. The summed E-state index contributed by atoms with van der Waals surface area (Å²) in [5.74, 6) is 0. The van der Waals surface area contributed by atoms with E-state index in [1.54, 1.807) is 7.11 Å². The van der Waals surface area contributed by atoms with E-state index in [0.29, 0.717) is 10.4 Å². The fraction of sp³-hybridized carbons (Fsp3) is 0.500. The number of anilines is 1. The van der Waals surface area contributed by atoms with Crippen molar-refractivity contribution in [2.24, 2.45) is 11.1 Å². The minimum absolute atomic E-state index is 0.422.